The van der Waals surface area contributed by atoms with Crippen molar-refractivity contribution >= 4 is 11.6 Å². The Balaban J connectivity index is 1.69. The molecule has 1 fully saturated rings. The summed E-state index contributed by atoms with van der Waals surface area (Å²) in [6.45, 7) is 7.38. The van der Waals surface area contributed by atoms with E-state index in [1.165, 1.54) is 23.2 Å². The minimum Gasteiger partial charge on any atom is -0.384 e. The zero-order valence-electron chi connectivity index (χ0n) is 17.9. The molecule has 29 heavy (non-hydrogen) atoms. The Labute approximate surface area is 173 Å². The van der Waals surface area contributed by atoms with E-state index in [9.17, 15) is 4.79 Å². The minimum absolute atomic E-state index is 0.0829. The number of fused-ring (bicyclic) bond motifs is 3. The average molecular weight is 396 g/mol. The average Bonchev–Trinajstić information content (AvgIpc) is 3.29. The number of likely N-dealkylation sites (N-methyl/N-ethyl adjacent to an activating group) is 1. The van der Waals surface area contributed by atoms with Crippen molar-refractivity contribution in [2.24, 2.45) is 0 Å². The van der Waals surface area contributed by atoms with Gasteiger partial charge in [-0.15, -0.1) is 0 Å². The van der Waals surface area contributed by atoms with E-state index < -0.39 is 0 Å². The summed E-state index contributed by atoms with van der Waals surface area (Å²) in [7, 11) is 2.22. The van der Waals surface area contributed by atoms with Crippen molar-refractivity contribution in [1.82, 2.24) is 19.6 Å². The second kappa shape index (κ2) is 8.57. The molecular weight excluding hydrogens is 362 g/mol. The Hall–Kier alpha value is -2.34. The van der Waals surface area contributed by atoms with Gasteiger partial charge in [0.25, 0.3) is 5.91 Å². The number of nitrogens with zero attached hydrogens (tertiary/aromatic N) is 4. The minimum atomic E-state index is 0.0829. The lowest BCUT2D eigenvalue weighted by atomic mass is 10.0. The molecule has 0 saturated carbocycles. The lowest BCUT2D eigenvalue weighted by Crippen LogP contribution is -2.43. The quantitative estimate of drug-likeness (QED) is 0.864. The number of aromatic nitrogens is 2. The molecular formula is C23H33N5O. The third-order valence-electron chi connectivity index (χ3n) is 6.57. The van der Waals surface area contributed by atoms with Crippen molar-refractivity contribution < 1.29 is 4.79 Å². The van der Waals surface area contributed by atoms with E-state index >= 15 is 0 Å². The maximum atomic E-state index is 13.6. The van der Waals surface area contributed by atoms with Crippen molar-refractivity contribution in [3.05, 3.63) is 47.3 Å². The van der Waals surface area contributed by atoms with Gasteiger partial charge >= 0.3 is 0 Å². The summed E-state index contributed by atoms with van der Waals surface area (Å²) < 4.78 is 1.85. The maximum absolute atomic E-state index is 13.6. The molecule has 1 aromatic heterocycles. The van der Waals surface area contributed by atoms with E-state index in [4.69, 9.17) is 0 Å². The van der Waals surface area contributed by atoms with Crippen LogP contribution in [0.1, 0.15) is 54.2 Å². The van der Waals surface area contributed by atoms with Crippen LogP contribution in [0.15, 0.2) is 30.5 Å². The van der Waals surface area contributed by atoms with Gasteiger partial charge in [0.15, 0.2) is 0 Å². The summed E-state index contributed by atoms with van der Waals surface area (Å²) in [5.41, 5.74) is 4.32. The molecule has 3 heterocycles. The number of anilines is 1. The number of para-hydroxylation sites is 1. The van der Waals surface area contributed by atoms with Crippen LogP contribution in [-0.4, -0.2) is 57.7 Å². The fourth-order valence-electron chi connectivity index (χ4n) is 4.88. The first-order chi connectivity index (χ1) is 14.1. The number of nitrogens with one attached hydrogen (secondary N) is 1. The lowest BCUT2D eigenvalue weighted by Gasteiger charge is -2.31. The molecule has 1 aromatic carbocycles. The van der Waals surface area contributed by atoms with Gasteiger partial charge in [-0.1, -0.05) is 25.1 Å². The molecule has 2 unspecified atom stereocenters. The molecule has 0 aliphatic carbocycles. The van der Waals surface area contributed by atoms with Crippen LogP contribution in [0.2, 0.25) is 0 Å². The van der Waals surface area contributed by atoms with Crippen molar-refractivity contribution in [1.29, 1.82) is 0 Å². The molecule has 2 aliphatic rings. The lowest BCUT2D eigenvalue weighted by molar-refractivity contribution is 0.0676. The molecule has 2 bridgehead atoms. The summed E-state index contributed by atoms with van der Waals surface area (Å²) >= 11 is 0. The predicted octanol–water partition coefficient (Wildman–Crippen LogP) is 3.52. The largest absolute Gasteiger partial charge is 0.384 e. The number of carbonyl (C=O) groups is 1. The van der Waals surface area contributed by atoms with E-state index in [1.807, 2.05) is 15.6 Å². The molecule has 1 amide bonds. The van der Waals surface area contributed by atoms with Gasteiger partial charge in [0.05, 0.1) is 0 Å². The van der Waals surface area contributed by atoms with Crippen LogP contribution in [0.25, 0.3) is 0 Å². The van der Waals surface area contributed by atoms with Crippen LogP contribution < -0.4 is 5.32 Å². The van der Waals surface area contributed by atoms with E-state index in [0.29, 0.717) is 24.3 Å². The van der Waals surface area contributed by atoms with Crippen LogP contribution in [0.4, 0.5) is 5.69 Å². The first-order valence-corrected chi connectivity index (χ1v) is 10.9. The van der Waals surface area contributed by atoms with Crippen molar-refractivity contribution in [3.63, 3.8) is 0 Å². The van der Waals surface area contributed by atoms with Gasteiger partial charge < -0.3 is 10.2 Å². The van der Waals surface area contributed by atoms with Gasteiger partial charge in [0.2, 0.25) is 0 Å². The number of amides is 1. The van der Waals surface area contributed by atoms with Crippen molar-refractivity contribution in [2.45, 2.75) is 64.7 Å². The highest BCUT2D eigenvalue weighted by atomic mass is 16.2. The Bertz CT molecular complexity index is 861. The van der Waals surface area contributed by atoms with Gasteiger partial charge in [-0.3, -0.25) is 14.4 Å². The molecule has 2 atom stereocenters. The molecule has 0 radical (unpaired) electrons. The molecule has 6 nitrogen and oxygen atoms in total. The highest BCUT2D eigenvalue weighted by Gasteiger charge is 2.34. The normalized spacial score (nSPS) is 22.7. The zero-order valence-corrected chi connectivity index (χ0v) is 17.9. The van der Waals surface area contributed by atoms with E-state index in [1.54, 1.807) is 6.20 Å². The fraction of sp³-hybridized carbons (Fsp3) is 0.565. The Morgan fingerprint density at radius 3 is 2.86 bits per heavy atom. The van der Waals surface area contributed by atoms with Crippen molar-refractivity contribution in [2.75, 3.05) is 25.5 Å². The monoisotopic (exact) mass is 395 g/mol. The second-order valence-corrected chi connectivity index (χ2v) is 8.50. The van der Waals surface area contributed by atoms with Crippen LogP contribution in [-0.2, 0) is 13.1 Å². The Morgan fingerprint density at radius 2 is 2.03 bits per heavy atom. The Kier molecular flexibility index (Phi) is 5.90. The number of carbonyl (C=O) groups excluding carboxylic acids is 1. The molecule has 2 aliphatic heterocycles. The summed E-state index contributed by atoms with van der Waals surface area (Å²) in [5.74, 6) is 0.0829. The van der Waals surface area contributed by atoms with Crippen LogP contribution in [0.3, 0.4) is 0 Å². The summed E-state index contributed by atoms with van der Waals surface area (Å²) in [5, 5.41) is 8.06. The van der Waals surface area contributed by atoms with Crippen molar-refractivity contribution in [3.8, 4) is 0 Å². The van der Waals surface area contributed by atoms with Gasteiger partial charge in [-0.25, -0.2) is 0 Å². The Morgan fingerprint density at radius 1 is 1.21 bits per heavy atom. The van der Waals surface area contributed by atoms with E-state index in [-0.39, 0.29) is 5.91 Å². The standard InChI is InChI=1S/C23H33N5O/c1-4-14-28-21(11-13-25-28)23(29)27-15-18-7-5-6-17(2)22(18)24-12-10-19-8-9-20(16-27)26(19)3/h5-7,11,13,19-20,24H,4,8-10,12,14-16H2,1-3H3. The third kappa shape index (κ3) is 4.04. The molecule has 6 heteroatoms. The SMILES string of the molecule is CCCn1nccc1C(=O)N1Cc2cccc(C)c2NCCC2CCC(C1)N2C. The summed E-state index contributed by atoms with van der Waals surface area (Å²) in [6.07, 6.45) is 6.20. The topological polar surface area (TPSA) is 53.4 Å². The summed E-state index contributed by atoms with van der Waals surface area (Å²) in [4.78, 5) is 18.1. The first-order valence-electron chi connectivity index (χ1n) is 10.9. The zero-order chi connectivity index (χ0) is 20.4. The highest BCUT2D eigenvalue weighted by Crippen LogP contribution is 2.29. The van der Waals surface area contributed by atoms with Gasteiger partial charge in [0.1, 0.15) is 5.69 Å². The van der Waals surface area contributed by atoms with E-state index in [2.05, 4.69) is 54.4 Å². The highest BCUT2D eigenvalue weighted by molar-refractivity contribution is 5.92. The third-order valence-corrected chi connectivity index (χ3v) is 6.57. The molecule has 2 aromatic rings. The second-order valence-electron chi connectivity index (χ2n) is 8.50. The van der Waals surface area contributed by atoms with Crippen LogP contribution in [0, 0.1) is 6.92 Å². The number of aryl methyl sites for hydroxylation is 2. The maximum Gasteiger partial charge on any atom is 0.272 e. The summed E-state index contributed by atoms with van der Waals surface area (Å²) in [6, 6.07) is 9.25. The first kappa shape index (κ1) is 20.0. The van der Waals surface area contributed by atoms with Gasteiger partial charge in [-0.05, 0) is 56.8 Å². The number of hydrogen-bond donors (Lipinski definition) is 1. The molecule has 1 N–H and O–H groups in total. The van der Waals surface area contributed by atoms with E-state index in [0.717, 1.165) is 38.9 Å². The number of rotatable bonds is 3. The molecule has 4 rings (SSSR count). The van der Waals surface area contributed by atoms with Crippen LogP contribution in [0.5, 0.6) is 0 Å². The molecule has 1 saturated heterocycles. The molecule has 0 spiro atoms. The molecule has 156 valence electrons. The predicted molar refractivity (Wildman–Crippen MR) is 116 cm³/mol. The fourth-order valence-corrected chi connectivity index (χ4v) is 4.88. The number of benzene rings is 1. The smallest absolute Gasteiger partial charge is 0.272 e. The van der Waals surface area contributed by atoms with Gasteiger partial charge in [0, 0.05) is 50.1 Å². The van der Waals surface area contributed by atoms with Crippen LogP contribution >= 0.6 is 0 Å². The van der Waals surface area contributed by atoms with Gasteiger partial charge in [-0.2, -0.15) is 5.10 Å². The number of hydrogen-bond acceptors (Lipinski definition) is 4.